The lowest BCUT2D eigenvalue weighted by Crippen LogP contribution is -2.31. The Labute approximate surface area is 114 Å². The third-order valence-electron chi connectivity index (χ3n) is 3.54. The summed E-state index contributed by atoms with van der Waals surface area (Å²) in [5.41, 5.74) is 2.91. The van der Waals surface area contributed by atoms with E-state index in [1.165, 1.54) is 0 Å². The van der Waals surface area contributed by atoms with Gasteiger partial charge >= 0.3 is 0 Å². The van der Waals surface area contributed by atoms with Crippen molar-refractivity contribution in [1.82, 2.24) is 9.97 Å². The van der Waals surface area contributed by atoms with E-state index in [0.717, 1.165) is 30.2 Å². The maximum absolute atomic E-state index is 10.1. The van der Waals surface area contributed by atoms with Crippen molar-refractivity contribution in [3.05, 3.63) is 11.4 Å². The molecule has 4 N–H and O–H groups in total. The third-order valence-corrected chi connectivity index (χ3v) is 3.54. The molecule has 1 atom stereocenters. The van der Waals surface area contributed by atoms with Crippen LogP contribution in [0.4, 0.5) is 11.6 Å². The topological polar surface area (TPSA) is 87.3 Å². The average Bonchev–Trinajstić information content (AvgIpc) is 2.69. The molecule has 2 heterocycles. The molecule has 6 heteroatoms. The van der Waals surface area contributed by atoms with Crippen molar-refractivity contribution < 1.29 is 5.11 Å². The second-order valence-electron chi connectivity index (χ2n) is 5.85. The molecule has 0 radical (unpaired) electrons. The summed E-state index contributed by atoms with van der Waals surface area (Å²) in [5.74, 6) is 8.05. The summed E-state index contributed by atoms with van der Waals surface area (Å²) in [6, 6.07) is 0. The second-order valence-corrected chi connectivity index (χ2v) is 5.85. The van der Waals surface area contributed by atoms with E-state index in [1.54, 1.807) is 0 Å². The molecule has 1 aromatic heterocycles. The lowest BCUT2D eigenvalue weighted by Gasteiger charge is -2.23. The molecule has 1 aliphatic heterocycles. The highest BCUT2D eigenvalue weighted by Gasteiger charge is 2.33. The molecular weight excluding hydrogens is 242 g/mol. The Morgan fingerprint density at radius 1 is 1.42 bits per heavy atom. The molecule has 1 unspecified atom stereocenters. The lowest BCUT2D eigenvalue weighted by atomic mass is 10.1. The van der Waals surface area contributed by atoms with Gasteiger partial charge in [0.1, 0.15) is 17.5 Å². The first-order chi connectivity index (χ1) is 8.84. The minimum atomic E-state index is -0.647. The number of nitrogen functional groups attached to an aromatic ring is 1. The number of hydrogen-bond acceptors (Lipinski definition) is 6. The summed E-state index contributed by atoms with van der Waals surface area (Å²) in [4.78, 5) is 11.2. The number of hydrogen-bond donors (Lipinski definition) is 3. The number of anilines is 2. The van der Waals surface area contributed by atoms with E-state index in [2.05, 4.69) is 34.1 Å². The molecule has 0 aromatic carbocycles. The van der Waals surface area contributed by atoms with E-state index in [1.807, 2.05) is 13.8 Å². The van der Waals surface area contributed by atoms with Crippen molar-refractivity contribution in [2.45, 2.75) is 45.6 Å². The van der Waals surface area contributed by atoms with E-state index in [4.69, 9.17) is 5.84 Å². The van der Waals surface area contributed by atoms with Crippen molar-refractivity contribution >= 4 is 11.6 Å². The fraction of sp³-hybridized carbons (Fsp3) is 0.692. The van der Waals surface area contributed by atoms with E-state index in [9.17, 15) is 5.11 Å². The van der Waals surface area contributed by atoms with Crippen LogP contribution in [-0.2, 0) is 0 Å². The molecule has 1 aromatic rings. The second kappa shape index (κ2) is 4.94. The molecule has 0 amide bonds. The zero-order valence-electron chi connectivity index (χ0n) is 12.1. The molecule has 0 bridgehead atoms. The molecule has 0 saturated carbocycles. The average molecular weight is 265 g/mol. The van der Waals surface area contributed by atoms with Crippen molar-refractivity contribution in [1.29, 1.82) is 0 Å². The zero-order valence-corrected chi connectivity index (χ0v) is 12.1. The molecule has 6 nitrogen and oxygen atoms in total. The van der Waals surface area contributed by atoms with Gasteiger partial charge in [-0.2, -0.15) is 0 Å². The van der Waals surface area contributed by atoms with Gasteiger partial charge in [-0.25, -0.2) is 15.8 Å². The van der Waals surface area contributed by atoms with Crippen LogP contribution in [0.15, 0.2) is 0 Å². The van der Waals surface area contributed by atoms with Crippen LogP contribution >= 0.6 is 0 Å². The monoisotopic (exact) mass is 265 g/mol. The summed E-state index contributed by atoms with van der Waals surface area (Å²) in [6.07, 6.45) is 0.749. The maximum Gasteiger partial charge on any atom is 0.148 e. The molecule has 2 rings (SSSR count). The molecule has 1 saturated heterocycles. The number of β-amino-alcohol motifs (C(OH)–C–C–N with tert-alkyl or cyclic N) is 1. The van der Waals surface area contributed by atoms with Crippen LogP contribution in [0.2, 0.25) is 0 Å². The standard InChI is InChI=1S/C13H23N5O/c1-8(2)10-15-11(17-14)9(3)12(16-10)18-6-5-13(4,19)7-18/h8,19H,5-7,14H2,1-4H3,(H,15,16,17). The molecule has 106 valence electrons. The number of nitrogens with one attached hydrogen (secondary N) is 1. The number of aliphatic hydroxyl groups is 1. The quantitative estimate of drug-likeness (QED) is 0.561. The Bertz CT molecular complexity index is 472. The predicted octanol–water partition coefficient (Wildman–Crippen LogP) is 1.16. The van der Waals surface area contributed by atoms with Gasteiger partial charge in [0.25, 0.3) is 0 Å². The predicted molar refractivity (Wildman–Crippen MR) is 76.1 cm³/mol. The van der Waals surface area contributed by atoms with Gasteiger partial charge in [-0.3, -0.25) is 0 Å². The summed E-state index contributed by atoms with van der Waals surface area (Å²) in [7, 11) is 0. The van der Waals surface area contributed by atoms with Gasteiger partial charge in [-0.15, -0.1) is 0 Å². The number of nitrogens with two attached hydrogens (primary N) is 1. The number of hydrazine groups is 1. The van der Waals surface area contributed by atoms with Crippen LogP contribution in [0.1, 0.15) is 44.5 Å². The summed E-state index contributed by atoms with van der Waals surface area (Å²) in [6.45, 7) is 9.29. The lowest BCUT2D eigenvalue weighted by molar-refractivity contribution is 0.0839. The first-order valence-corrected chi connectivity index (χ1v) is 6.66. The molecule has 0 aliphatic carbocycles. The van der Waals surface area contributed by atoms with Crippen LogP contribution in [-0.4, -0.2) is 33.8 Å². The van der Waals surface area contributed by atoms with E-state index in [-0.39, 0.29) is 5.92 Å². The Morgan fingerprint density at radius 3 is 2.58 bits per heavy atom. The van der Waals surface area contributed by atoms with Crippen LogP contribution in [0.3, 0.4) is 0 Å². The first-order valence-electron chi connectivity index (χ1n) is 6.66. The van der Waals surface area contributed by atoms with Gasteiger partial charge in [0.15, 0.2) is 0 Å². The largest absolute Gasteiger partial charge is 0.388 e. The summed E-state index contributed by atoms with van der Waals surface area (Å²) >= 11 is 0. The number of aromatic nitrogens is 2. The van der Waals surface area contributed by atoms with Crippen molar-refractivity contribution in [3.63, 3.8) is 0 Å². The molecular formula is C13H23N5O. The zero-order chi connectivity index (χ0) is 14.2. The van der Waals surface area contributed by atoms with E-state index in [0.29, 0.717) is 12.4 Å². The van der Waals surface area contributed by atoms with Crippen LogP contribution in [0.25, 0.3) is 0 Å². The van der Waals surface area contributed by atoms with Crippen LogP contribution in [0, 0.1) is 6.92 Å². The Balaban J connectivity index is 2.41. The van der Waals surface area contributed by atoms with E-state index >= 15 is 0 Å². The van der Waals surface area contributed by atoms with Gasteiger partial charge in [-0.1, -0.05) is 13.8 Å². The van der Waals surface area contributed by atoms with Gasteiger partial charge in [0.05, 0.1) is 5.60 Å². The Kier molecular flexibility index (Phi) is 3.64. The third kappa shape index (κ3) is 2.79. The first kappa shape index (κ1) is 14.0. The highest BCUT2D eigenvalue weighted by molar-refractivity contribution is 5.59. The Hall–Kier alpha value is -1.40. The van der Waals surface area contributed by atoms with Crippen LogP contribution < -0.4 is 16.2 Å². The summed E-state index contributed by atoms with van der Waals surface area (Å²) < 4.78 is 0. The molecule has 0 spiro atoms. The number of nitrogens with zero attached hydrogens (tertiary/aromatic N) is 3. The minimum Gasteiger partial charge on any atom is -0.388 e. The molecule has 19 heavy (non-hydrogen) atoms. The molecule has 1 aliphatic rings. The fourth-order valence-corrected chi connectivity index (χ4v) is 2.35. The van der Waals surface area contributed by atoms with Crippen molar-refractivity contribution in [3.8, 4) is 0 Å². The van der Waals surface area contributed by atoms with E-state index < -0.39 is 5.60 Å². The smallest absolute Gasteiger partial charge is 0.148 e. The highest BCUT2D eigenvalue weighted by Crippen LogP contribution is 2.30. The number of rotatable bonds is 3. The fourth-order valence-electron chi connectivity index (χ4n) is 2.35. The minimum absolute atomic E-state index is 0.231. The highest BCUT2D eigenvalue weighted by atomic mass is 16.3. The van der Waals surface area contributed by atoms with Crippen molar-refractivity contribution in [2.75, 3.05) is 23.4 Å². The molecule has 1 fully saturated rings. The van der Waals surface area contributed by atoms with Crippen LogP contribution in [0.5, 0.6) is 0 Å². The maximum atomic E-state index is 10.1. The Morgan fingerprint density at radius 2 is 2.11 bits per heavy atom. The van der Waals surface area contributed by atoms with Crippen molar-refractivity contribution in [2.24, 2.45) is 5.84 Å². The summed E-state index contributed by atoms with van der Waals surface area (Å²) in [5, 5.41) is 10.1. The normalized spacial score (nSPS) is 23.2. The SMILES string of the molecule is Cc1c(NN)nc(C(C)C)nc1N1CCC(C)(O)C1. The van der Waals surface area contributed by atoms with Gasteiger partial charge in [-0.05, 0) is 20.3 Å². The van der Waals surface area contributed by atoms with Gasteiger partial charge < -0.3 is 15.4 Å². The van der Waals surface area contributed by atoms with Gasteiger partial charge in [0, 0.05) is 24.6 Å². The van der Waals surface area contributed by atoms with Gasteiger partial charge in [0.2, 0.25) is 0 Å².